The standard InChI is InChI=1S/C33H35F3N8O4/c1-5-27(45)39-25-10-26(30(47-17-33(34,35)36)42-29(25)44-15-19-13-43(4)14-20(19)16-44)40-32-38-12-23(31(46)48-18(2)3)28(41-32)22-11-37-24-9-7-6-8-21(22)24/h5-12,18-20,37H,1,13-17H2,2-4H3,(H,39,45)(H,38,40,41)/t19-,20+. The van der Waals surface area contributed by atoms with E-state index in [1.807, 2.05) is 36.2 Å². The molecule has 2 atom stereocenters. The largest absolute Gasteiger partial charge is 0.466 e. The van der Waals surface area contributed by atoms with Gasteiger partial charge in [0.2, 0.25) is 17.7 Å². The number of ether oxygens (including phenoxy) is 2. The van der Waals surface area contributed by atoms with E-state index in [0.717, 1.165) is 30.1 Å². The molecule has 2 aliphatic rings. The Morgan fingerprint density at radius 1 is 1.12 bits per heavy atom. The maximum Gasteiger partial charge on any atom is 0.422 e. The number of hydrogen-bond donors (Lipinski definition) is 3. The predicted octanol–water partition coefficient (Wildman–Crippen LogP) is 5.39. The van der Waals surface area contributed by atoms with E-state index in [0.29, 0.717) is 30.5 Å². The topological polar surface area (TPSA) is 138 Å². The minimum absolute atomic E-state index is 0.0381. The summed E-state index contributed by atoms with van der Waals surface area (Å²) in [4.78, 5) is 46.4. The van der Waals surface area contributed by atoms with Crippen molar-refractivity contribution in [2.45, 2.75) is 26.1 Å². The average Bonchev–Trinajstić information content (AvgIpc) is 3.72. The zero-order valence-corrected chi connectivity index (χ0v) is 26.6. The number of hydrogen-bond acceptors (Lipinski definition) is 10. The highest BCUT2D eigenvalue weighted by molar-refractivity contribution is 6.03. The Kier molecular flexibility index (Phi) is 8.97. The van der Waals surface area contributed by atoms with E-state index < -0.39 is 30.8 Å². The molecule has 252 valence electrons. The maximum atomic E-state index is 13.4. The number of H-pyrrole nitrogens is 1. The van der Waals surface area contributed by atoms with Crippen molar-refractivity contribution < 1.29 is 32.2 Å². The van der Waals surface area contributed by atoms with Gasteiger partial charge in [-0.05, 0) is 50.9 Å². The van der Waals surface area contributed by atoms with Crippen molar-refractivity contribution in [1.29, 1.82) is 0 Å². The molecule has 2 fully saturated rings. The first-order valence-electron chi connectivity index (χ1n) is 15.4. The Balaban J connectivity index is 1.43. The highest BCUT2D eigenvalue weighted by Gasteiger charge is 2.40. The van der Waals surface area contributed by atoms with Crippen LogP contribution in [0, 0.1) is 11.8 Å². The molecule has 6 rings (SSSR count). The van der Waals surface area contributed by atoms with Crippen LogP contribution in [0.4, 0.5) is 36.3 Å². The van der Waals surface area contributed by atoms with Crippen LogP contribution in [0.2, 0.25) is 0 Å². The van der Waals surface area contributed by atoms with Gasteiger partial charge in [0.15, 0.2) is 12.4 Å². The third-order valence-electron chi connectivity index (χ3n) is 8.19. The van der Waals surface area contributed by atoms with Crippen molar-refractivity contribution in [3.63, 3.8) is 0 Å². The molecule has 0 bridgehead atoms. The Morgan fingerprint density at radius 3 is 2.54 bits per heavy atom. The summed E-state index contributed by atoms with van der Waals surface area (Å²) in [5, 5.41) is 6.43. The van der Waals surface area contributed by atoms with Gasteiger partial charge in [0.25, 0.3) is 0 Å². The van der Waals surface area contributed by atoms with Crippen molar-refractivity contribution in [3.8, 4) is 17.1 Å². The van der Waals surface area contributed by atoms with Crippen LogP contribution in [0.3, 0.4) is 0 Å². The van der Waals surface area contributed by atoms with Crippen LogP contribution in [0.15, 0.2) is 55.4 Å². The highest BCUT2D eigenvalue weighted by Crippen LogP contribution is 2.40. The van der Waals surface area contributed by atoms with Gasteiger partial charge in [-0.15, -0.1) is 0 Å². The monoisotopic (exact) mass is 664 g/mol. The van der Waals surface area contributed by atoms with Gasteiger partial charge in [0.1, 0.15) is 11.3 Å². The number of halogens is 3. The summed E-state index contributed by atoms with van der Waals surface area (Å²) >= 11 is 0. The lowest BCUT2D eigenvalue weighted by molar-refractivity contribution is -0.153. The fourth-order valence-corrected chi connectivity index (χ4v) is 6.22. The number of pyridine rings is 1. The Bertz CT molecular complexity index is 1850. The first-order valence-corrected chi connectivity index (χ1v) is 15.4. The van der Waals surface area contributed by atoms with Crippen molar-refractivity contribution >= 4 is 45.9 Å². The summed E-state index contributed by atoms with van der Waals surface area (Å²) in [6.45, 7) is 8.32. The van der Waals surface area contributed by atoms with Crippen molar-refractivity contribution in [1.82, 2.24) is 24.8 Å². The van der Waals surface area contributed by atoms with Gasteiger partial charge in [0, 0.05) is 55.0 Å². The van der Waals surface area contributed by atoms with E-state index in [1.165, 1.54) is 12.3 Å². The number of likely N-dealkylation sites (tertiary alicyclic amines) is 1. The zero-order valence-electron chi connectivity index (χ0n) is 26.6. The summed E-state index contributed by atoms with van der Waals surface area (Å²) in [6.07, 6.45) is -0.991. The second-order valence-corrected chi connectivity index (χ2v) is 12.2. The molecule has 5 heterocycles. The van der Waals surface area contributed by atoms with Gasteiger partial charge in [-0.3, -0.25) is 4.79 Å². The van der Waals surface area contributed by atoms with Crippen LogP contribution in [-0.4, -0.2) is 88.8 Å². The summed E-state index contributed by atoms with van der Waals surface area (Å²) in [5.74, 6) is -0.650. The predicted molar refractivity (Wildman–Crippen MR) is 174 cm³/mol. The van der Waals surface area contributed by atoms with Crippen LogP contribution in [0.25, 0.3) is 22.2 Å². The molecule has 48 heavy (non-hydrogen) atoms. The first-order chi connectivity index (χ1) is 22.9. The molecule has 4 aromatic rings. The first kappa shape index (κ1) is 32.7. The van der Waals surface area contributed by atoms with Crippen LogP contribution in [-0.2, 0) is 9.53 Å². The lowest BCUT2D eigenvalue weighted by atomic mass is 10.0. The van der Waals surface area contributed by atoms with E-state index in [4.69, 9.17) is 9.47 Å². The number of benzene rings is 1. The number of amides is 1. The number of nitrogens with zero attached hydrogens (tertiary/aromatic N) is 5. The maximum absolute atomic E-state index is 13.4. The lowest BCUT2D eigenvalue weighted by Gasteiger charge is -2.25. The minimum atomic E-state index is -4.65. The second kappa shape index (κ2) is 13.1. The lowest BCUT2D eigenvalue weighted by Crippen LogP contribution is -2.29. The number of fused-ring (bicyclic) bond motifs is 2. The van der Waals surface area contributed by atoms with Gasteiger partial charge < -0.3 is 34.9 Å². The van der Waals surface area contributed by atoms with E-state index in [9.17, 15) is 22.8 Å². The van der Waals surface area contributed by atoms with Gasteiger partial charge in [-0.1, -0.05) is 24.8 Å². The second-order valence-electron chi connectivity index (χ2n) is 12.2. The molecule has 3 N–H and O–H groups in total. The Labute approximate surface area is 274 Å². The molecule has 2 saturated heterocycles. The number of nitrogens with one attached hydrogen (secondary N) is 3. The molecule has 0 saturated carbocycles. The molecule has 15 heteroatoms. The normalized spacial score (nSPS) is 17.9. The molecule has 0 aliphatic carbocycles. The van der Waals surface area contributed by atoms with Crippen molar-refractivity contribution in [2.75, 3.05) is 55.4 Å². The molecule has 12 nitrogen and oxygen atoms in total. The SMILES string of the molecule is C=CC(=O)Nc1cc(Nc2ncc(C(=O)OC(C)C)c(-c3c[nH]c4ccccc34)n2)c(OCC(F)(F)F)nc1N1C[C@H]2CN(C)C[C@H]2C1. The van der Waals surface area contributed by atoms with E-state index in [2.05, 4.69) is 42.0 Å². The third kappa shape index (κ3) is 7.05. The quantitative estimate of drug-likeness (QED) is 0.149. The molecule has 0 radical (unpaired) electrons. The molecule has 1 amide bonds. The molecule has 0 spiro atoms. The third-order valence-corrected chi connectivity index (χ3v) is 8.19. The van der Waals surface area contributed by atoms with Crippen LogP contribution >= 0.6 is 0 Å². The van der Waals surface area contributed by atoms with Gasteiger partial charge in [0.05, 0.1) is 17.5 Å². The van der Waals surface area contributed by atoms with E-state index in [1.54, 1.807) is 20.0 Å². The van der Waals surface area contributed by atoms with Crippen molar-refractivity contribution in [3.05, 3.63) is 60.9 Å². The number of para-hydroxylation sites is 1. The fourth-order valence-electron chi connectivity index (χ4n) is 6.22. The zero-order chi connectivity index (χ0) is 34.2. The highest BCUT2D eigenvalue weighted by atomic mass is 19.4. The summed E-state index contributed by atoms with van der Waals surface area (Å²) < 4.78 is 50.9. The number of aromatic amines is 1. The molecular formula is C33H35F3N8O4. The number of carbonyl (C=O) groups excluding carboxylic acids is 2. The van der Waals surface area contributed by atoms with Crippen molar-refractivity contribution in [2.24, 2.45) is 11.8 Å². The molecular weight excluding hydrogens is 629 g/mol. The Morgan fingerprint density at radius 2 is 1.85 bits per heavy atom. The Hall–Kier alpha value is -5.18. The smallest absolute Gasteiger partial charge is 0.422 e. The average molecular weight is 665 g/mol. The number of carbonyl (C=O) groups is 2. The summed E-state index contributed by atoms with van der Waals surface area (Å²) in [6, 6.07) is 8.87. The number of rotatable bonds is 10. The summed E-state index contributed by atoms with van der Waals surface area (Å²) in [5.41, 5.74) is 1.90. The van der Waals surface area contributed by atoms with Gasteiger partial charge >= 0.3 is 12.1 Å². The van der Waals surface area contributed by atoms with Gasteiger partial charge in [-0.2, -0.15) is 18.2 Å². The van der Waals surface area contributed by atoms with Gasteiger partial charge in [-0.25, -0.2) is 14.8 Å². The molecule has 1 aromatic carbocycles. The number of esters is 1. The number of alkyl halides is 3. The van der Waals surface area contributed by atoms with Crippen LogP contribution in [0.5, 0.6) is 5.88 Å². The van der Waals surface area contributed by atoms with Crippen LogP contribution < -0.4 is 20.3 Å². The van der Waals surface area contributed by atoms with Crippen LogP contribution in [0.1, 0.15) is 24.2 Å². The molecule has 2 aliphatic heterocycles. The minimum Gasteiger partial charge on any atom is -0.466 e. The summed E-state index contributed by atoms with van der Waals surface area (Å²) in [7, 11) is 2.05. The van der Waals surface area contributed by atoms with E-state index >= 15 is 0 Å². The number of anilines is 4. The number of aromatic nitrogens is 4. The molecule has 0 unspecified atom stereocenters. The molecule has 3 aromatic heterocycles. The fraction of sp³-hybridized carbons (Fsp3) is 0.364. The van der Waals surface area contributed by atoms with E-state index in [-0.39, 0.29) is 40.3 Å².